The highest BCUT2D eigenvalue weighted by atomic mass is 16.5. The second-order valence-corrected chi connectivity index (χ2v) is 5.17. The molecule has 2 aromatic rings. The number of ether oxygens (including phenoxy) is 1. The molecule has 1 aromatic carbocycles. The molecule has 1 aromatic heterocycles. The number of pyridine rings is 1. The van der Waals surface area contributed by atoms with Crippen LogP contribution < -0.4 is 4.74 Å². The van der Waals surface area contributed by atoms with Crippen molar-refractivity contribution in [3.63, 3.8) is 0 Å². The van der Waals surface area contributed by atoms with Crippen LogP contribution in [-0.4, -0.2) is 11.6 Å². The van der Waals surface area contributed by atoms with Crippen molar-refractivity contribution in [2.45, 2.75) is 32.1 Å². The highest BCUT2D eigenvalue weighted by Gasteiger charge is 2.13. The van der Waals surface area contributed by atoms with E-state index in [0.717, 1.165) is 29.2 Å². The Kier molecular flexibility index (Phi) is 3.44. The van der Waals surface area contributed by atoms with Crippen molar-refractivity contribution in [3.05, 3.63) is 36.5 Å². The molecule has 2 heteroatoms. The van der Waals surface area contributed by atoms with Crippen LogP contribution in [0.25, 0.3) is 10.9 Å². The predicted octanol–water partition coefficient (Wildman–Crippen LogP) is 4.19. The maximum atomic E-state index is 5.93. The highest BCUT2D eigenvalue weighted by Crippen LogP contribution is 2.25. The molecule has 0 amide bonds. The molecule has 0 bridgehead atoms. The van der Waals surface area contributed by atoms with Gasteiger partial charge in [-0.3, -0.25) is 4.98 Å². The molecule has 0 radical (unpaired) electrons. The van der Waals surface area contributed by atoms with E-state index in [2.05, 4.69) is 17.1 Å². The quantitative estimate of drug-likeness (QED) is 0.803. The van der Waals surface area contributed by atoms with Crippen LogP contribution in [-0.2, 0) is 0 Å². The second-order valence-electron chi connectivity index (χ2n) is 5.17. The van der Waals surface area contributed by atoms with Crippen LogP contribution in [0, 0.1) is 5.92 Å². The predicted molar refractivity (Wildman–Crippen MR) is 73.8 cm³/mol. The van der Waals surface area contributed by atoms with Gasteiger partial charge >= 0.3 is 0 Å². The molecule has 94 valence electrons. The topological polar surface area (TPSA) is 22.1 Å². The Hall–Kier alpha value is -1.57. The Bertz CT molecular complexity index is 517. The van der Waals surface area contributed by atoms with Crippen LogP contribution in [0.5, 0.6) is 5.75 Å². The minimum atomic E-state index is 0.753. The molecule has 1 aliphatic carbocycles. The van der Waals surface area contributed by atoms with E-state index >= 15 is 0 Å². The smallest absolute Gasteiger partial charge is 0.120 e. The maximum absolute atomic E-state index is 5.93. The second kappa shape index (κ2) is 5.38. The lowest BCUT2D eigenvalue weighted by atomic mass is 9.90. The zero-order valence-electron chi connectivity index (χ0n) is 10.6. The summed E-state index contributed by atoms with van der Waals surface area (Å²) in [7, 11) is 0. The van der Waals surface area contributed by atoms with Crippen molar-refractivity contribution in [2.75, 3.05) is 6.61 Å². The summed E-state index contributed by atoms with van der Waals surface area (Å²) in [4.78, 5) is 4.32. The summed E-state index contributed by atoms with van der Waals surface area (Å²) in [5.74, 6) is 1.73. The van der Waals surface area contributed by atoms with Gasteiger partial charge in [0, 0.05) is 11.6 Å². The van der Waals surface area contributed by atoms with Crippen LogP contribution in [0.4, 0.5) is 0 Å². The monoisotopic (exact) mass is 241 g/mol. The van der Waals surface area contributed by atoms with Crippen LogP contribution in [0.1, 0.15) is 32.1 Å². The van der Waals surface area contributed by atoms with Crippen LogP contribution >= 0.6 is 0 Å². The maximum Gasteiger partial charge on any atom is 0.120 e. The lowest BCUT2D eigenvalue weighted by molar-refractivity contribution is 0.209. The average Bonchev–Trinajstić information content (AvgIpc) is 2.46. The van der Waals surface area contributed by atoms with Gasteiger partial charge in [-0.15, -0.1) is 0 Å². The molecule has 0 spiro atoms. The molecule has 2 nitrogen and oxygen atoms in total. The summed E-state index contributed by atoms with van der Waals surface area (Å²) in [6, 6.07) is 10.2. The molecule has 1 heterocycles. The van der Waals surface area contributed by atoms with E-state index in [9.17, 15) is 0 Å². The third-order valence-electron chi connectivity index (χ3n) is 3.78. The minimum Gasteiger partial charge on any atom is -0.493 e. The number of rotatable bonds is 3. The minimum absolute atomic E-state index is 0.753. The first-order valence-electron chi connectivity index (χ1n) is 6.89. The van der Waals surface area contributed by atoms with E-state index in [1.165, 1.54) is 32.1 Å². The molecule has 1 aliphatic rings. The Labute approximate surface area is 108 Å². The lowest BCUT2D eigenvalue weighted by Crippen LogP contribution is -2.15. The van der Waals surface area contributed by atoms with E-state index < -0.39 is 0 Å². The molecule has 18 heavy (non-hydrogen) atoms. The zero-order valence-corrected chi connectivity index (χ0v) is 10.6. The van der Waals surface area contributed by atoms with Crippen LogP contribution in [0.2, 0.25) is 0 Å². The Morgan fingerprint density at radius 2 is 2.00 bits per heavy atom. The summed E-state index contributed by atoms with van der Waals surface area (Å²) < 4.78 is 5.93. The van der Waals surface area contributed by atoms with Crippen molar-refractivity contribution in [3.8, 4) is 5.75 Å². The third-order valence-corrected chi connectivity index (χ3v) is 3.78. The van der Waals surface area contributed by atoms with Gasteiger partial charge in [-0.2, -0.15) is 0 Å². The van der Waals surface area contributed by atoms with Gasteiger partial charge in [0.25, 0.3) is 0 Å². The molecule has 1 saturated carbocycles. The number of benzene rings is 1. The van der Waals surface area contributed by atoms with Gasteiger partial charge in [-0.1, -0.05) is 25.3 Å². The van der Waals surface area contributed by atoms with Crippen LogP contribution in [0.15, 0.2) is 36.5 Å². The normalized spacial score (nSPS) is 16.9. The first kappa shape index (κ1) is 11.5. The van der Waals surface area contributed by atoms with E-state index in [1.54, 1.807) is 0 Å². The largest absolute Gasteiger partial charge is 0.493 e. The molecule has 3 rings (SSSR count). The van der Waals surface area contributed by atoms with E-state index in [1.807, 2.05) is 24.4 Å². The van der Waals surface area contributed by atoms with Crippen molar-refractivity contribution in [1.29, 1.82) is 0 Å². The van der Waals surface area contributed by atoms with Gasteiger partial charge < -0.3 is 4.74 Å². The van der Waals surface area contributed by atoms with Crippen LogP contribution in [0.3, 0.4) is 0 Å². The fourth-order valence-corrected chi connectivity index (χ4v) is 2.71. The van der Waals surface area contributed by atoms with Gasteiger partial charge in [0.1, 0.15) is 5.75 Å². The summed E-state index contributed by atoms with van der Waals surface area (Å²) in [5, 5.41) is 1.15. The summed E-state index contributed by atoms with van der Waals surface area (Å²) in [6.45, 7) is 0.867. The summed E-state index contributed by atoms with van der Waals surface area (Å²) in [5.41, 5.74) is 1.03. The standard InChI is InChI=1S/C16H19NO/c1-2-5-13(6-3-1)12-18-15-8-9-16-14(11-15)7-4-10-17-16/h4,7-11,13H,1-3,5-6,12H2. The van der Waals surface area contributed by atoms with E-state index in [0.29, 0.717) is 0 Å². The Morgan fingerprint density at radius 3 is 2.89 bits per heavy atom. The number of nitrogens with zero attached hydrogens (tertiary/aromatic N) is 1. The van der Waals surface area contributed by atoms with Gasteiger partial charge in [0.15, 0.2) is 0 Å². The molecule has 0 atom stereocenters. The first-order chi connectivity index (χ1) is 8.92. The molecule has 1 fully saturated rings. The van der Waals surface area contributed by atoms with Gasteiger partial charge in [0.05, 0.1) is 12.1 Å². The molecular formula is C16H19NO. The highest BCUT2D eigenvalue weighted by molar-refractivity contribution is 5.79. The average molecular weight is 241 g/mol. The lowest BCUT2D eigenvalue weighted by Gasteiger charge is -2.21. The summed E-state index contributed by atoms with van der Waals surface area (Å²) >= 11 is 0. The molecular weight excluding hydrogens is 222 g/mol. The molecule has 0 aliphatic heterocycles. The fourth-order valence-electron chi connectivity index (χ4n) is 2.71. The van der Waals surface area contributed by atoms with Crippen molar-refractivity contribution in [2.24, 2.45) is 5.92 Å². The van der Waals surface area contributed by atoms with Gasteiger partial charge in [-0.25, -0.2) is 0 Å². The number of hydrogen-bond acceptors (Lipinski definition) is 2. The molecule has 0 saturated heterocycles. The molecule has 0 N–H and O–H groups in total. The number of hydrogen-bond donors (Lipinski definition) is 0. The SMILES string of the molecule is c1cnc2ccc(OCC3CCCCC3)cc2c1. The van der Waals surface area contributed by atoms with Gasteiger partial charge in [-0.05, 0) is 43.0 Å². The van der Waals surface area contributed by atoms with Crippen molar-refractivity contribution >= 4 is 10.9 Å². The molecule has 0 unspecified atom stereocenters. The van der Waals surface area contributed by atoms with Crippen molar-refractivity contribution < 1.29 is 4.74 Å². The van der Waals surface area contributed by atoms with E-state index in [4.69, 9.17) is 4.74 Å². The van der Waals surface area contributed by atoms with Gasteiger partial charge in [0.2, 0.25) is 0 Å². The zero-order chi connectivity index (χ0) is 12.2. The number of fused-ring (bicyclic) bond motifs is 1. The number of aromatic nitrogens is 1. The van der Waals surface area contributed by atoms with Crippen molar-refractivity contribution in [1.82, 2.24) is 4.98 Å². The summed E-state index contributed by atoms with van der Waals surface area (Å²) in [6.07, 6.45) is 8.62. The Balaban J connectivity index is 1.66. The Morgan fingerprint density at radius 1 is 1.11 bits per heavy atom. The fraction of sp³-hybridized carbons (Fsp3) is 0.438. The van der Waals surface area contributed by atoms with E-state index in [-0.39, 0.29) is 0 Å². The first-order valence-corrected chi connectivity index (χ1v) is 6.89. The third kappa shape index (κ3) is 2.63.